The largest absolute Gasteiger partial charge is 0.309 e. The Kier molecular flexibility index (Phi) is 7.60. The van der Waals surface area contributed by atoms with E-state index in [-0.39, 0.29) is 0 Å². The normalized spacial score (nSPS) is 25.8. The molecule has 0 aromatic heterocycles. The molecule has 0 aromatic carbocycles. The van der Waals surface area contributed by atoms with Crippen molar-refractivity contribution in [1.29, 1.82) is 0 Å². The Hall–Kier alpha value is -0.630. The van der Waals surface area contributed by atoms with Gasteiger partial charge in [0, 0.05) is 18.0 Å². The number of hydrogen-bond donors (Lipinski definition) is 1. The van der Waals surface area contributed by atoms with Crippen molar-refractivity contribution in [3.63, 3.8) is 0 Å². The van der Waals surface area contributed by atoms with Gasteiger partial charge < -0.3 is 5.32 Å². The van der Waals surface area contributed by atoms with Crippen LogP contribution in [0, 0.1) is 0 Å². The van der Waals surface area contributed by atoms with Gasteiger partial charge in [-0.15, -0.1) is 0 Å². The highest BCUT2D eigenvalue weighted by Crippen LogP contribution is 2.04. The molecule has 1 N–H and O–H groups in total. The Morgan fingerprint density at radius 3 is 2.69 bits per heavy atom. The lowest BCUT2D eigenvalue weighted by Crippen LogP contribution is -2.39. The van der Waals surface area contributed by atoms with Crippen molar-refractivity contribution < 1.29 is 0 Å². The monoisotopic (exact) mass is 182 g/mol. The molecule has 2 nitrogen and oxygen atoms in total. The molecule has 0 aromatic rings. The second-order valence-corrected chi connectivity index (χ2v) is 2.88. The summed E-state index contributed by atoms with van der Waals surface area (Å²) in [6.07, 6.45) is 6.21. The van der Waals surface area contributed by atoms with Gasteiger partial charge in [0.05, 0.1) is 0 Å². The average molecular weight is 182 g/mol. The maximum absolute atomic E-state index is 4.36. The highest BCUT2D eigenvalue weighted by molar-refractivity contribution is 5.90. The zero-order valence-corrected chi connectivity index (χ0v) is 9.30. The highest BCUT2D eigenvalue weighted by atomic mass is 14.9. The third-order valence-electron chi connectivity index (χ3n) is 1.95. The van der Waals surface area contributed by atoms with Crippen LogP contribution < -0.4 is 5.32 Å². The van der Waals surface area contributed by atoms with E-state index in [0.29, 0.717) is 6.04 Å². The number of hydrogen-bond acceptors (Lipinski definition) is 2. The molecule has 76 valence electrons. The molecule has 1 rings (SSSR count). The first kappa shape index (κ1) is 12.4. The molecular formula is C11H22N2. The maximum atomic E-state index is 4.36. The zero-order chi connectivity index (χ0) is 10.1. The molecule has 1 fully saturated rings. The Morgan fingerprint density at radius 2 is 2.15 bits per heavy atom. The summed E-state index contributed by atoms with van der Waals surface area (Å²) in [5, 5.41) is 3.38. The Balaban J connectivity index is 0.000000671. The molecule has 0 radical (unpaired) electrons. The van der Waals surface area contributed by atoms with E-state index in [0.717, 1.165) is 13.0 Å². The molecule has 0 amide bonds. The summed E-state index contributed by atoms with van der Waals surface area (Å²) in [5.74, 6) is 0. The van der Waals surface area contributed by atoms with Gasteiger partial charge in [-0.3, -0.25) is 4.99 Å². The van der Waals surface area contributed by atoms with Crippen LogP contribution in [0.15, 0.2) is 17.3 Å². The quantitative estimate of drug-likeness (QED) is 0.662. The highest BCUT2D eigenvalue weighted by Gasteiger charge is 2.13. The maximum Gasteiger partial charge on any atom is 0.0426 e. The lowest BCUT2D eigenvalue weighted by atomic mass is 10.0. The molecule has 1 aliphatic heterocycles. The fourth-order valence-electron chi connectivity index (χ4n) is 1.27. The van der Waals surface area contributed by atoms with E-state index in [4.69, 9.17) is 0 Å². The van der Waals surface area contributed by atoms with Crippen LogP contribution in [0.3, 0.4) is 0 Å². The van der Waals surface area contributed by atoms with Crippen molar-refractivity contribution in [2.24, 2.45) is 4.99 Å². The summed E-state index contributed by atoms with van der Waals surface area (Å²) in [6, 6.07) is 0.472. The molecule has 1 saturated heterocycles. The summed E-state index contributed by atoms with van der Waals surface area (Å²) in [4.78, 5) is 4.36. The van der Waals surface area contributed by atoms with E-state index in [1.807, 2.05) is 33.0 Å². The molecular weight excluding hydrogens is 160 g/mol. The number of allylic oxidation sites excluding steroid dienone is 1. The predicted molar refractivity (Wildman–Crippen MR) is 60.3 cm³/mol. The van der Waals surface area contributed by atoms with Crippen LogP contribution in [0.1, 0.15) is 40.5 Å². The first-order valence-electron chi connectivity index (χ1n) is 5.25. The predicted octanol–water partition coefficient (Wildman–Crippen LogP) is 2.76. The average Bonchev–Trinajstić information content (AvgIpc) is 2.20. The van der Waals surface area contributed by atoms with Gasteiger partial charge >= 0.3 is 0 Å². The fourth-order valence-corrected chi connectivity index (χ4v) is 1.27. The molecule has 0 bridgehead atoms. The molecule has 0 saturated carbocycles. The molecule has 1 atom stereocenters. The molecule has 0 aliphatic carbocycles. The van der Waals surface area contributed by atoms with Crippen LogP contribution in [0.2, 0.25) is 0 Å². The number of nitrogens with zero attached hydrogens (tertiary/aromatic N) is 1. The molecule has 1 unspecified atom stereocenters. The third-order valence-corrected chi connectivity index (χ3v) is 1.95. The van der Waals surface area contributed by atoms with E-state index in [1.54, 1.807) is 0 Å². The summed E-state index contributed by atoms with van der Waals surface area (Å²) in [5.41, 5.74) is 1.29. The van der Waals surface area contributed by atoms with Gasteiger partial charge in [0.15, 0.2) is 0 Å². The van der Waals surface area contributed by atoms with Crippen LogP contribution >= 0.6 is 0 Å². The molecule has 13 heavy (non-hydrogen) atoms. The van der Waals surface area contributed by atoms with Gasteiger partial charge in [0.25, 0.3) is 0 Å². The van der Waals surface area contributed by atoms with Crippen LogP contribution in [0.4, 0.5) is 0 Å². The van der Waals surface area contributed by atoms with Crippen molar-refractivity contribution in [3.8, 4) is 0 Å². The standard InChI is InChI=1S/C9H16N2.C2H6/c1-3-6-11-9-5-4-7-10-8(9)2;1-2/h3,6,8,10H,4-5,7H2,1-2H3;1-2H3/b6-3-,11-9?;. The topological polar surface area (TPSA) is 24.4 Å². The van der Waals surface area contributed by atoms with Crippen molar-refractivity contribution in [3.05, 3.63) is 12.3 Å². The second-order valence-electron chi connectivity index (χ2n) is 2.88. The van der Waals surface area contributed by atoms with Crippen molar-refractivity contribution in [2.75, 3.05) is 6.54 Å². The first-order chi connectivity index (χ1) is 6.34. The molecule has 1 heterocycles. The van der Waals surface area contributed by atoms with E-state index in [1.165, 1.54) is 12.1 Å². The smallest absolute Gasteiger partial charge is 0.0426 e. The number of piperidine rings is 1. The first-order valence-corrected chi connectivity index (χ1v) is 5.25. The van der Waals surface area contributed by atoms with Crippen LogP contribution in [0.5, 0.6) is 0 Å². The minimum atomic E-state index is 0.472. The van der Waals surface area contributed by atoms with Crippen LogP contribution in [0.25, 0.3) is 0 Å². The summed E-state index contributed by atoms with van der Waals surface area (Å²) in [6.45, 7) is 9.29. The summed E-state index contributed by atoms with van der Waals surface area (Å²) >= 11 is 0. The molecule has 1 aliphatic rings. The minimum Gasteiger partial charge on any atom is -0.309 e. The zero-order valence-electron chi connectivity index (χ0n) is 9.30. The summed E-state index contributed by atoms with van der Waals surface area (Å²) in [7, 11) is 0. The second kappa shape index (κ2) is 7.99. The van der Waals surface area contributed by atoms with Crippen LogP contribution in [-0.2, 0) is 0 Å². The van der Waals surface area contributed by atoms with Gasteiger partial charge in [0.1, 0.15) is 0 Å². The van der Waals surface area contributed by atoms with Gasteiger partial charge in [-0.1, -0.05) is 19.9 Å². The SMILES string of the molecule is C/C=C\N=C1CCCNC1C.CC. The van der Waals surface area contributed by atoms with E-state index >= 15 is 0 Å². The lowest BCUT2D eigenvalue weighted by Gasteiger charge is -2.21. The van der Waals surface area contributed by atoms with Crippen LogP contribution in [-0.4, -0.2) is 18.3 Å². The number of nitrogens with one attached hydrogen (secondary N) is 1. The number of rotatable bonds is 1. The van der Waals surface area contributed by atoms with E-state index < -0.39 is 0 Å². The molecule has 0 spiro atoms. The number of aliphatic imine (C=N–C) groups is 1. The van der Waals surface area contributed by atoms with Crippen molar-refractivity contribution in [2.45, 2.75) is 46.6 Å². The van der Waals surface area contributed by atoms with Gasteiger partial charge in [0.2, 0.25) is 0 Å². The third kappa shape index (κ3) is 4.83. The fraction of sp³-hybridized carbons (Fsp3) is 0.727. The Labute approximate surface area is 82.1 Å². The van der Waals surface area contributed by atoms with Crippen molar-refractivity contribution >= 4 is 5.71 Å². The Bertz CT molecular complexity index is 171. The van der Waals surface area contributed by atoms with Gasteiger partial charge in [-0.25, -0.2) is 0 Å². The van der Waals surface area contributed by atoms with E-state index in [2.05, 4.69) is 17.2 Å². The van der Waals surface area contributed by atoms with Crippen molar-refractivity contribution in [1.82, 2.24) is 5.32 Å². The Morgan fingerprint density at radius 1 is 1.46 bits per heavy atom. The van der Waals surface area contributed by atoms with E-state index in [9.17, 15) is 0 Å². The van der Waals surface area contributed by atoms with Gasteiger partial charge in [-0.05, 0) is 33.2 Å². The molecule has 2 heteroatoms. The lowest BCUT2D eigenvalue weighted by molar-refractivity contribution is 0.585. The van der Waals surface area contributed by atoms with Gasteiger partial charge in [-0.2, -0.15) is 0 Å². The minimum absolute atomic E-state index is 0.472. The summed E-state index contributed by atoms with van der Waals surface area (Å²) < 4.78 is 0.